The number of aliphatic hydroxyl groups excluding tert-OH is 1. The molecule has 0 spiro atoms. The normalized spacial score (nSPS) is 33.9. The van der Waals surface area contributed by atoms with Gasteiger partial charge in [0.25, 0.3) is 0 Å². The molecule has 2 heterocycles. The third-order valence-electron chi connectivity index (χ3n) is 3.79. The molecule has 2 aliphatic rings. The van der Waals surface area contributed by atoms with Crippen LogP contribution in [0, 0.1) is 0 Å². The summed E-state index contributed by atoms with van der Waals surface area (Å²) in [6.07, 6.45) is 3.28. The lowest BCUT2D eigenvalue weighted by atomic mass is 9.82. The Kier molecular flexibility index (Phi) is 2.50. The minimum atomic E-state index is -0.796. The van der Waals surface area contributed by atoms with Crippen molar-refractivity contribution in [1.29, 1.82) is 0 Å². The van der Waals surface area contributed by atoms with Crippen molar-refractivity contribution in [3.8, 4) is 5.75 Å². The van der Waals surface area contributed by atoms with Crippen LogP contribution in [0.4, 0.5) is 0 Å². The van der Waals surface area contributed by atoms with Crippen LogP contribution >= 0.6 is 0 Å². The standard InChI is InChI=1S/C14H14O4/c15-8-14-6-5-12(17)13(18-14)7-11(14)9-1-3-10(16)4-2-9/h1-6,11,13,15-16H,7-8H2/t11-,13+,14-/m0/s1. The SMILES string of the molecule is O=C1C=C[C@@]2(CO)O[C@@H]1C[C@H]2c1ccc(O)cc1. The van der Waals surface area contributed by atoms with Crippen molar-refractivity contribution in [3.05, 3.63) is 42.0 Å². The minimum absolute atomic E-state index is 0.0413. The average Bonchev–Trinajstić information content (AvgIpc) is 2.71. The Balaban J connectivity index is 2.00. The van der Waals surface area contributed by atoms with E-state index in [2.05, 4.69) is 0 Å². The third-order valence-corrected chi connectivity index (χ3v) is 3.79. The molecule has 0 radical (unpaired) electrons. The van der Waals surface area contributed by atoms with Crippen molar-refractivity contribution in [2.45, 2.75) is 24.0 Å². The number of aliphatic hydroxyl groups is 1. The summed E-state index contributed by atoms with van der Waals surface area (Å²) >= 11 is 0. The van der Waals surface area contributed by atoms with Crippen LogP contribution in [0.5, 0.6) is 5.75 Å². The topological polar surface area (TPSA) is 66.8 Å². The molecule has 1 aromatic carbocycles. The van der Waals surface area contributed by atoms with E-state index in [9.17, 15) is 15.0 Å². The van der Waals surface area contributed by atoms with Gasteiger partial charge in [-0.05, 0) is 36.3 Å². The molecule has 18 heavy (non-hydrogen) atoms. The van der Waals surface area contributed by atoms with Gasteiger partial charge in [-0.2, -0.15) is 0 Å². The summed E-state index contributed by atoms with van der Waals surface area (Å²) in [6, 6.07) is 6.82. The van der Waals surface area contributed by atoms with Crippen LogP contribution in [-0.2, 0) is 9.53 Å². The first kappa shape index (κ1) is 11.4. The van der Waals surface area contributed by atoms with E-state index in [4.69, 9.17) is 4.74 Å². The van der Waals surface area contributed by atoms with Crippen molar-refractivity contribution in [1.82, 2.24) is 0 Å². The molecular weight excluding hydrogens is 232 g/mol. The molecule has 0 saturated carbocycles. The molecule has 1 aromatic rings. The summed E-state index contributed by atoms with van der Waals surface area (Å²) in [5.74, 6) is 0.0986. The van der Waals surface area contributed by atoms with Crippen LogP contribution in [0.15, 0.2) is 36.4 Å². The van der Waals surface area contributed by atoms with Crippen LogP contribution in [0.2, 0.25) is 0 Å². The fourth-order valence-electron chi connectivity index (χ4n) is 2.79. The summed E-state index contributed by atoms with van der Waals surface area (Å²) in [7, 11) is 0. The predicted octanol–water partition coefficient (Wildman–Crippen LogP) is 1.13. The molecule has 2 N–H and O–H groups in total. The molecule has 3 rings (SSSR count). The van der Waals surface area contributed by atoms with E-state index >= 15 is 0 Å². The maximum Gasteiger partial charge on any atom is 0.184 e. The van der Waals surface area contributed by atoms with Gasteiger partial charge in [-0.15, -0.1) is 0 Å². The van der Waals surface area contributed by atoms with Gasteiger partial charge in [0.05, 0.1) is 6.61 Å². The zero-order valence-electron chi connectivity index (χ0n) is 9.74. The number of rotatable bonds is 2. The number of benzene rings is 1. The monoisotopic (exact) mass is 246 g/mol. The van der Waals surface area contributed by atoms with Gasteiger partial charge in [-0.1, -0.05) is 12.1 Å². The number of aromatic hydroxyl groups is 1. The molecule has 4 heteroatoms. The highest BCUT2D eigenvalue weighted by atomic mass is 16.5. The van der Waals surface area contributed by atoms with Crippen LogP contribution < -0.4 is 0 Å². The van der Waals surface area contributed by atoms with Gasteiger partial charge in [0.2, 0.25) is 0 Å². The second kappa shape index (κ2) is 3.93. The number of fused-ring (bicyclic) bond motifs is 2. The molecule has 1 fully saturated rings. The lowest BCUT2D eigenvalue weighted by Crippen LogP contribution is -2.39. The lowest BCUT2D eigenvalue weighted by Gasteiger charge is -2.31. The van der Waals surface area contributed by atoms with Crippen LogP contribution in [-0.4, -0.2) is 34.3 Å². The van der Waals surface area contributed by atoms with Crippen molar-refractivity contribution in [2.75, 3.05) is 6.61 Å². The summed E-state index contributed by atoms with van der Waals surface area (Å²) < 4.78 is 5.69. The number of phenols is 1. The summed E-state index contributed by atoms with van der Waals surface area (Å²) in [4.78, 5) is 11.6. The predicted molar refractivity (Wildman–Crippen MR) is 64.3 cm³/mol. The Labute approximate surface area is 105 Å². The third kappa shape index (κ3) is 1.57. The van der Waals surface area contributed by atoms with E-state index in [0.29, 0.717) is 6.42 Å². The highest BCUT2D eigenvalue weighted by Crippen LogP contribution is 2.46. The van der Waals surface area contributed by atoms with Gasteiger partial charge in [-0.25, -0.2) is 0 Å². The summed E-state index contributed by atoms with van der Waals surface area (Å²) in [5, 5.41) is 18.9. The maximum absolute atomic E-state index is 11.6. The Hall–Kier alpha value is -1.65. The van der Waals surface area contributed by atoms with E-state index in [-0.39, 0.29) is 24.1 Å². The Bertz CT molecular complexity index is 505. The molecular formula is C14H14O4. The minimum Gasteiger partial charge on any atom is -0.508 e. The van der Waals surface area contributed by atoms with Crippen LogP contribution in [0.3, 0.4) is 0 Å². The van der Waals surface area contributed by atoms with Crippen molar-refractivity contribution in [3.63, 3.8) is 0 Å². The molecule has 0 unspecified atom stereocenters. The van der Waals surface area contributed by atoms with E-state index < -0.39 is 11.7 Å². The van der Waals surface area contributed by atoms with Crippen molar-refractivity contribution >= 4 is 5.78 Å². The number of phenolic OH excluding ortho intramolecular Hbond substituents is 1. The smallest absolute Gasteiger partial charge is 0.184 e. The average molecular weight is 246 g/mol. The molecule has 2 bridgehead atoms. The van der Waals surface area contributed by atoms with Gasteiger partial charge in [0.15, 0.2) is 5.78 Å². The first-order valence-corrected chi connectivity index (χ1v) is 5.95. The molecule has 94 valence electrons. The highest BCUT2D eigenvalue weighted by molar-refractivity contribution is 5.95. The van der Waals surface area contributed by atoms with Gasteiger partial charge in [0, 0.05) is 5.92 Å². The fourth-order valence-corrected chi connectivity index (χ4v) is 2.79. The van der Waals surface area contributed by atoms with Gasteiger partial charge < -0.3 is 14.9 Å². The van der Waals surface area contributed by atoms with Gasteiger partial charge in [-0.3, -0.25) is 4.79 Å². The van der Waals surface area contributed by atoms with E-state index in [0.717, 1.165) is 5.56 Å². The Morgan fingerprint density at radius 1 is 1.33 bits per heavy atom. The zero-order chi connectivity index (χ0) is 12.8. The van der Waals surface area contributed by atoms with Gasteiger partial charge >= 0.3 is 0 Å². The second-order valence-corrected chi connectivity index (χ2v) is 4.84. The van der Waals surface area contributed by atoms with E-state index in [1.165, 1.54) is 6.08 Å². The Morgan fingerprint density at radius 2 is 2.06 bits per heavy atom. The molecule has 0 aromatic heterocycles. The molecule has 4 nitrogen and oxygen atoms in total. The first-order valence-electron chi connectivity index (χ1n) is 5.95. The lowest BCUT2D eigenvalue weighted by molar-refractivity contribution is -0.132. The fraction of sp³-hybridized carbons (Fsp3) is 0.357. The molecule has 3 atom stereocenters. The number of carbonyl (C=O) groups is 1. The van der Waals surface area contributed by atoms with Crippen LogP contribution in [0.1, 0.15) is 17.9 Å². The zero-order valence-corrected chi connectivity index (χ0v) is 9.74. The maximum atomic E-state index is 11.6. The second-order valence-electron chi connectivity index (χ2n) is 4.84. The number of hydrogen-bond acceptors (Lipinski definition) is 4. The van der Waals surface area contributed by atoms with Gasteiger partial charge in [0.1, 0.15) is 17.5 Å². The van der Waals surface area contributed by atoms with E-state index in [1.54, 1.807) is 30.3 Å². The highest BCUT2D eigenvalue weighted by Gasteiger charge is 2.51. The summed E-state index contributed by atoms with van der Waals surface area (Å²) in [5.41, 5.74) is 0.166. The number of ether oxygens (including phenoxy) is 1. The van der Waals surface area contributed by atoms with E-state index in [1.807, 2.05) is 0 Å². The molecule has 2 aliphatic heterocycles. The number of carbonyl (C=O) groups excluding carboxylic acids is 1. The van der Waals surface area contributed by atoms with Crippen molar-refractivity contribution in [2.24, 2.45) is 0 Å². The molecule has 1 saturated heterocycles. The number of hydrogen-bond donors (Lipinski definition) is 2. The largest absolute Gasteiger partial charge is 0.508 e. The molecule has 0 aliphatic carbocycles. The van der Waals surface area contributed by atoms with Crippen molar-refractivity contribution < 1.29 is 19.7 Å². The Morgan fingerprint density at radius 3 is 2.72 bits per heavy atom. The summed E-state index contributed by atoms with van der Waals surface area (Å²) in [6.45, 7) is -0.154. The molecule has 0 amide bonds. The first-order chi connectivity index (χ1) is 8.64. The quantitative estimate of drug-likeness (QED) is 0.821. The van der Waals surface area contributed by atoms with Crippen LogP contribution in [0.25, 0.3) is 0 Å². The number of ketones is 1.